The fraction of sp³-hybridized carbons (Fsp3) is 0.579. The molecule has 0 atom stereocenters. The van der Waals surface area contributed by atoms with Gasteiger partial charge in [-0.25, -0.2) is 0 Å². The predicted octanol–water partition coefficient (Wildman–Crippen LogP) is 6.13. The molecule has 0 unspecified atom stereocenters. The van der Waals surface area contributed by atoms with Crippen molar-refractivity contribution in [1.29, 1.82) is 0 Å². The first-order valence-corrected chi connectivity index (χ1v) is 8.53. The van der Waals surface area contributed by atoms with Crippen LogP contribution in [0.2, 0.25) is 0 Å². The van der Waals surface area contributed by atoms with Crippen LogP contribution in [0.1, 0.15) is 56.6 Å². The first kappa shape index (κ1) is 16.4. The smallest absolute Gasteiger partial charge is 0.406 e. The zero-order chi connectivity index (χ0) is 16.4. The fourth-order valence-corrected chi connectivity index (χ4v) is 3.95. The van der Waals surface area contributed by atoms with Crippen LogP contribution in [-0.2, 0) is 6.42 Å². The topological polar surface area (TPSA) is 9.23 Å². The Morgan fingerprint density at radius 1 is 1.09 bits per heavy atom. The molecule has 1 aromatic carbocycles. The van der Waals surface area contributed by atoms with Crippen LogP contribution in [0.25, 0.3) is 6.08 Å². The minimum atomic E-state index is -4.62. The SMILES string of the molecule is CCC1CCC(C2=Cc3ccc(OC(F)(F)F)cc3CC2)CC1. The van der Waals surface area contributed by atoms with Gasteiger partial charge in [0.2, 0.25) is 0 Å². The Morgan fingerprint density at radius 3 is 2.48 bits per heavy atom. The van der Waals surface area contributed by atoms with Crippen molar-refractivity contribution in [2.45, 2.75) is 58.2 Å². The van der Waals surface area contributed by atoms with Crippen molar-refractivity contribution in [3.05, 3.63) is 34.9 Å². The molecule has 2 aliphatic carbocycles. The van der Waals surface area contributed by atoms with Gasteiger partial charge in [-0.1, -0.05) is 31.1 Å². The van der Waals surface area contributed by atoms with Crippen LogP contribution in [0, 0.1) is 11.8 Å². The first-order valence-electron chi connectivity index (χ1n) is 8.53. The Hall–Kier alpha value is -1.45. The zero-order valence-electron chi connectivity index (χ0n) is 13.5. The molecule has 1 aromatic rings. The van der Waals surface area contributed by atoms with E-state index >= 15 is 0 Å². The molecule has 4 heteroatoms. The Kier molecular flexibility index (Phi) is 4.69. The van der Waals surface area contributed by atoms with Crippen molar-refractivity contribution in [1.82, 2.24) is 0 Å². The molecule has 0 aromatic heterocycles. The molecule has 3 rings (SSSR count). The van der Waals surface area contributed by atoms with Crippen molar-refractivity contribution in [3.8, 4) is 5.75 Å². The van der Waals surface area contributed by atoms with Crippen molar-refractivity contribution < 1.29 is 17.9 Å². The van der Waals surface area contributed by atoms with E-state index in [1.54, 1.807) is 6.07 Å². The van der Waals surface area contributed by atoms with Gasteiger partial charge in [-0.2, -0.15) is 0 Å². The largest absolute Gasteiger partial charge is 0.573 e. The third-order valence-electron chi connectivity index (χ3n) is 5.32. The zero-order valence-corrected chi connectivity index (χ0v) is 13.5. The number of ether oxygens (including phenoxy) is 1. The van der Waals surface area contributed by atoms with E-state index in [1.807, 2.05) is 0 Å². The van der Waals surface area contributed by atoms with Gasteiger partial charge in [0.1, 0.15) is 5.75 Å². The molecule has 126 valence electrons. The third kappa shape index (κ3) is 4.10. The van der Waals surface area contributed by atoms with Gasteiger partial charge in [0, 0.05) is 0 Å². The molecular formula is C19H23F3O. The van der Waals surface area contributed by atoms with E-state index < -0.39 is 6.36 Å². The summed E-state index contributed by atoms with van der Waals surface area (Å²) >= 11 is 0. The molecule has 0 amide bonds. The number of aryl methyl sites for hydroxylation is 1. The molecule has 0 aliphatic heterocycles. The van der Waals surface area contributed by atoms with Crippen molar-refractivity contribution in [3.63, 3.8) is 0 Å². The van der Waals surface area contributed by atoms with E-state index in [0.29, 0.717) is 5.92 Å². The summed E-state index contributed by atoms with van der Waals surface area (Å²) in [6.07, 6.45) is 5.76. The lowest BCUT2D eigenvalue weighted by Gasteiger charge is -2.31. The second kappa shape index (κ2) is 6.58. The molecule has 0 bridgehead atoms. The quantitative estimate of drug-likeness (QED) is 0.649. The monoisotopic (exact) mass is 324 g/mol. The molecule has 0 saturated heterocycles. The lowest BCUT2D eigenvalue weighted by atomic mass is 9.74. The maximum Gasteiger partial charge on any atom is 0.573 e. The van der Waals surface area contributed by atoms with Gasteiger partial charge in [-0.3, -0.25) is 0 Å². The molecule has 1 saturated carbocycles. The standard InChI is InChI=1S/C19H23F3O/c1-2-13-3-5-14(6-4-13)15-7-8-17-12-18(23-19(20,21)22)10-9-16(17)11-15/h9-14H,2-8H2,1H3. The van der Waals surface area contributed by atoms with Gasteiger partial charge in [0.15, 0.2) is 0 Å². The van der Waals surface area contributed by atoms with Crippen LogP contribution in [0.15, 0.2) is 23.8 Å². The molecule has 0 N–H and O–H groups in total. The second-order valence-electron chi connectivity index (χ2n) is 6.75. The van der Waals surface area contributed by atoms with E-state index in [0.717, 1.165) is 29.9 Å². The van der Waals surface area contributed by atoms with Gasteiger partial charge in [-0.05, 0) is 73.6 Å². The van der Waals surface area contributed by atoms with Crippen LogP contribution in [0.5, 0.6) is 5.75 Å². The van der Waals surface area contributed by atoms with Gasteiger partial charge >= 0.3 is 6.36 Å². The number of halogens is 3. The van der Waals surface area contributed by atoms with E-state index in [4.69, 9.17) is 0 Å². The highest BCUT2D eigenvalue weighted by atomic mass is 19.4. The van der Waals surface area contributed by atoms with Crippen molar-refractivity contribution >= 4 is 6.08 Å². The van der Waals surface area contributed by atoms with Crippen LogP contribution in [-0.4, -0.2) is 6.36 Å². The summed E-state index contributed by atoms with van der Waals surface area (Å²) in [6.45, 7) is 2.27. The molecule has 2 aliphatic rings. The maximum absolute atomic E-state index is 12.3. The Bertz CT molecular complexity index is 581. The first-order chi connectivity index (χ1) is 10.9. The highest BCUT2D eigenvalue weighted by Gasteiger charge is 2.31. The highest BCUT2D eigenvalue weighted by Crippen LogP contribution is 2.39. The molecule has 0 radical (unpaired) electrons. The number of alkyl halides is 3. The number of rotatable bonds is 3. The van der Waals surface area contributed by atoms with E-state index in [1.165, 1.54) is 49.8 Å². The van der Waals surface area contributed by atoms with Crippen LogP contribution >= 0.6 is 0 Å². The number of hydrogen-bond acceptors (Lipinski definition) is 1. The predicted molar refractivity (Wildman–Crippen MR) is 85.2 cm³/mol. The number of fused-ring (bicyclic) bond motifs is 1. The fourth-order valence-electron chi connectivity index (χ4n) is 3.95. The van der Waals surface area contributed by atoms with Gasteiger partial charge < -0.3 is 4.74 Å². The Labute approximate surface area is 135 Å². The minimum absolute atomic E-state index is 0.114. The maximum atomic E-state index is 12.3. The van der Waals surface area contributed by atoms with Crippen LogP contribution < -0.4 is 4.74 Å². The molecule has 1 nitrogen and oxygen atoms in total. The molecule has 1 fully saturated rings. The molecule has 0 heterocycles. The average Bonchev–Trinajstić information content (AvgIpc) is 2.53. The van der Waals surface area contributed by atoms with Gasteiger partial charge in [0.05, 0.1) is 0 Å². The van der Waals surface area contributed by atoms with Crippen LogP contribution in [0.3, 0.4) is 0 Å². The number of allylic oxidation sites excluding steroid dienone is 1. The summed E-state index contributed by atoms with van der Waals surface area (Å²) in [4.78, 5) is 0. The summed E-state index contributed by atoms with van der Waals surface area (Å²) in [6, 6.07) is 4.71. The summed E-state index contributed by atoms with van der Waals surface area (Å²) < 4.78 is 40.9. The third-order valence-corrected chi connectivity index (χ3v) is 5.32. The minimum Gasteiger partial charge on any atom is -0.406 e. The normalized spacial score (nSPS) is 24.8. The summed E-state index contributed by atoms with van der Waals surface area (Å²) in [7, 11) is 0. The van der Waals surface area contributed by atoms with Gasteiger partial charge in [0.25, 0.3) is 0 Å². The number of benzene rings is 1. The average molecular weight is 324 g/mol. The van der Waals surface area contributed by atoms with Crippen molar-refractivity contribution in [2.24, 2.45) is 11.8 Å². The van der Waals surface area contributed by atoms with Crippen molar-refractivity contribution in [2.75, 3.05) is 0 Å². The van der Waals surface area contributed by atoms with E-state index in [-0.39, 0.29) is 5.75 Å². The molecule has 23 heavy (non-hydrogen) atoms. The Balaban J connectivity index is 1.71. The van der Waals surface area contributed by atoms with Crippen LogP contribution in [0.4, 0.5) is 13.2 Å². The van der Waals surface area contributed by atoms with E-state index in [2.05, 4.69) is 17.7 Å². The summed E-state index contributed by atoms with van der Waals surface area (Å²) in [5, 5.41) is 0. The Morgan fingerprint density at radius 2 is 1.83 bits per heavy atom. The van der Waals surface area contributed by atoms with E-state index in [9.17, 15) is 13.2 Å². The highest BCUT2D eigenvalue weighted by molar-refractivity contribution is 5.61. The summed E-state index contributed by atoms with van der Waals surface area (Å²) in [5.41, 5.74) is 3.49. The van der Waals surface area contributed by atoms with Gasteiger partial charge in [-0.15, -0.1) is 13.2 Å². The molecule has 0 spiro atoms. The summed E-state index contributed by atoms with van der Waals surface area (Å²) in [5.74, 6) is 1.43. The lowest BCUT2D eigenvalue weighted by molar-refractivity contribution is -0.274. The molecular weight excluding hydrogens is 301 g/mol. The second-order valence-corrected chi connectivity index (χ2v) is 6.75. The lowest BCUT2D eigenvalue weighted by Crippen LogP contribution is -2.18. The number of hydrogen-bond donors (Lipinski definition) is 0.